The highest BCUT2D eigenvalue weighted by Gasteiger charge is 2.18. The molecule has 1 unspecified atom stereocenters. The van der Waals surface area contributed by atoms with E-state index in [2.05, 4.69) is 13.8 Å². The van der Waals surface area contributed by atoms with Crippen molar-refractivity contribution in [3.63, 3.8) is 0 Å². The van der Waals surface area contributed by atoms with Crippen molar-refractivity contribution in [2.45, 2.75) is 40.2 Å². The summed E-state index contributed by atoms with van der Waals surface area (Å²) in [4.78, 5) is 22.4. The Bertz CT molecular complexity index is 432. The lowest BCUT2D eigenvalue weighted by Crippen LogP contribution is -2.13. The van der Waals surface area contributed by atoms with Gasteiger partial charge in [0, 0.05) is 17.8 Å². The number of aromatic carboxylic acids is 1. The number of aromatic nitrogens is 1. The van der Waals surface area contributed by atoms with Gasteiger partial charge in [-0.2, -0.15) is 0 Å². The zero-order valence-corrected chi connectivity index (χ0v) is 10.7. The maximum Gasteiger partial charge on any atom is 0.352 e. The number of hydrogen-bond donors (Lipinski definition) is 1. The molecule has 0 amide bonds. The lowest BCUT2D eigenvalue weighted by atomic mass is 10.1. The Morgan fingerprint density at radius 1 is 1.35 bits per heavy atom. The van der Waals surface area contributed by atoms with Crippen LogP contribution in [0, 0.1) is 5.92 Å². The average Bonchev–Trinajstić information content (AvgIpc) is 2.60. The summed E-state index contributed by atoms with van der Waals surface area (Å²) in [5.74, 6) is -0.620. The smallest absolute Gasteiger partial charge is 0.352 e. The van der Waals surface area contributed by atoms with Crippen molar-refractivity contribution >= 4 is 11.8 Å². The predicted molar refractivity (Wildman–Crippen MR) is 65.6 cm³/mol. The first-order valence-corrected chi connectivity index (χ1v) is 5.79. The molecule has 0 saturated heterocycles. The third kappa shape index (κ3) is 3.19. The maximum absolute atomic E-state index is 11.3. The molecule has 1 rings (SSSR count). The fourth-order valence-corrected chi connectivity index (χ4v) is 2.00. The first kappa shape index (κ1) is 13.5. The van der Waals surface area contributed by atoms with E-state index in [4.69, 9.17) is 5.11 Å². The molecular weight excluding hydrogens is 218 g/mol. The molecule has 0 aliphatic rings. The van der Waals surface area contributed by atoms with Crippen LogP contribution in [-0.2, 0) is 0 Å². The van der Waals surface area contributed by atoms with Crippen molar-refractivity contribution in [3.8, 4) is 0 Å². The summed E-state index contributed by atoms with van der Waals surface area (Å²) in [6.07, 6.45) is 2.52. The van der Waals surface area contributed by atoms with Crippen LogP contribution < -0.4 is 0 Å². The third-order valence-corrected chi connectivity index (χ3v) is 2.76. The Labute approximate surface area is 101 Å². The van der Waals surface area contributed by atoms with Gasteiger partial charge in [0.15, 0.2) is 5.78 Å². The summed E-state index contributed by atoms with van der Waals surface area (Å²) in [5.41, 5.74) is 0.640. The van der Waals surface area contributed by atoms with Crippen LogP contribution in [-0.4, -0.2) is 21.4 Å². The van der Waals surface area contributed by atoms with Gasteiger partial charge in [-0.3, -0.25) is 4.79 Å². The molecule has 1 heterocycles. The zero-order chi connectivity index (χ0) is 13.2. The lowest BCUT2D eigenvalue weighted by Gasteiger charge is -2.17. The van der Waals surface area contributed by atoms with Gasteiger partial charge in [-0.15, -0.1) is 0 Å². The molecule has 0 fully saturated rings. The van der Waals surface area contributed by atoms with Gasteiger partial charge in [-0.05, 0) is 32.3 Å². The van der Waals surface area contributed by atoms with Gasteiger partial charge in [0.05, 0.1) is 0 Å². The molecule has 4 nitrogen and oxygen atoms in total. The second-order valence-electron chi connectivity index (χ2n) is 4.86. The molecule has 17 heavy (non-hydrogen) atoms. The van der Waals surface area contributed by atoms with Crippen LogP contribution >= 0.6 is 0 Å². The highest BCUT2D eigenvalue weighted by atomic mass is 16.4. The van der Waals surface area contributed by atoms with Crippen molar-refractivity contribution in [2.24, 2.45) is 5.92 Å². The maximum atomic E-state index is 11.3. The van der Waals surface area contributed by atoms with Crippen molar-refractivity contribution in [2.75, 3.05) is 0 Å². The van der Waals surface area contributed by atoms with E-state index < -0.39 is 5.97 Å². The molecular formula is C13H19NO3. The highest BCUT2D eigenvalue weighted by molar-refractivity contribution is 5.97. The summed E-state index contributed by atoms with van der Waals surface area (Å²) in [7, 11) is 0. The molecule has 0 aliphatic heterocycles. The summed E-state index contributed by atoms with van der Waals surface area (Å²) in [6, 6.07) is 1.52. The number of hydrogen-bond acceptors (Lipinski definition) is 2. The molecule has 0 aromatic carbocycles. The molecule has 0 bridgehead atoms. The number of Topliss-reactive ketones (excluding diaryl/α,β-unsaturated/α-hetero) is 1. The van der Waals surface area contributed by atoms with Crippen LogP contribution in [0.25, 0.3) is 0 Å². The first-order chi connectivity index (χ1) is 7.82. The number of carbonyl (C=O) groups excluding carboxylic acids is 1. The van der Waals surface area contributed by atoms with Gasteiger partial charge >= 0.3 is 5.97 Å². The number of nitrogens with zero attached hydrogens (tertiary/aromatic N) is 1. The molecule has 1 aromatic rings. The minimum atomic E-state index is -0.992. The number of carboxylic acid groups (broad SMARTS) is 1. The molecule has 1 atom stereocenters. The second kappa shape index (κ2) is 5.17. The topological polar surface area (TPSA) is 59.3 Å². The summed E-state index contributed by atoms with van der Waals surface area (Å²) in [6.45, 7) is 7.59. The fourth-order valence-electron chi connectivity index (χ4n) is 2.00. The third-order valence-electron chi connectivity index (χ3n) is 2.76. The normalized spacial score (nSPS) is 12.8. The Kier molecular flexibility index (Phi) is 4.10. The second-order valence-corrected chi connectivity index (χ2v) is 4.86. The van der Waals surface area contributed by atoms with Crippen molar-refractivity contribution < 1.29 is 14.7 Å². The number of carbonyl (C=O) groups is 2. The van der Waals surface area contributed by atoms with Gasteiger partial charge < -0.3 is 9.67 Å². The van der Waals surface area contributed by atoms with Gasteiger partial charge in [0.1, 0.15) is 5.69 Å². The summed E-state index contributed by atoms with van der Waals surface area (Å²) < 4.78 is 1.68. The first-order valence-electron chi connectivity index (χ1n) is 5.79. The summed E-state index contributed by atoms with van der Waals surface area (Å²) >= 11 is 0. The van der Waals surface area contributed by atoms with Crippen molar-refractivity contribution in [1.82, 2.24) is 4.57 Å². The predicted octanol–water partition coefficient (Wildman–Crippen LogP) is 3.00. The van der Waals surface area contributed by atoms with E-state index in [1.807, 2.05) is 6.92 Å². The molecule has 94 valence electrons. The van der Waals surface area contributed by atoms with Gasteiger partial charge in [-0.1, -0.05) is 13.8 Å². The largest absolute Gasteiger partial charge is 0.477 e. The standard InChI is InChI=1S/C13H19NO3/c1-8(2)5-9(3)14-7-11(10(4)15)6-12(14)13(16)17/h6-9H,5H2,1-4H3,(H,16,17). The monoisotopic (exact) mass is 237 g/mol. The van der Waals surface area contributed by atoms with Crippen LogP contribution in [0.3, 0.4) is 0 Å². The lowest BCUT2D eigenvalue weighted by molar-refractivity contribution is 0.0682. The SMILES string of the molecule is CC(=O)c1cc(C(=O)O)n(C(C)CC(C)C)c1. The van der Waals surface area contributed by atoms with E-state index in [-0.39, 0.29) is 17.5 Å². The molecule has 1 aromatic heterocycles. The number of carboxylic acids is 1. The van der Waals surface area contributed by atoms with E-state index in [9.17, 15) is 9.59 Å². The van der Waals surface area contributed by atoms with Crippen LogP contribution in [0.2, 0.25) is 0 Å². The van der Waals surface area contributed by atoms with Crippen molar-refractivity contribution in [1.29, 1.82) is 0 Å². The van der Waals surface area contributed by atoms with E-state index >= 15 is 0 Å². The number of ketones is 1. The van der Waals surface area contributed by atoms with E-state index in [1.165, 1.54) is 13.0 Å². The molecule has 4 heteroatoms. The fraction of sp³-hybridized carbons (Fsp3) is 0.538. The minimum Gasteiger partial charge on any atom is -0.477 e. The van der Waals surface area contributed by atoms with Crippen LogP contribution in [0.1, 0.15) is 61.0 Å². The molecule has 0 spiro atoms. The molecule has 0 saturated carbocycles. The quantitative estimate of drug-likeness (QED) is 0.801. The molecule has 1 N–H and O–H groups in total. The molecule has 0 radical (unpaired) electrons. The van der Waals surface area contributed by atoms with Gasteiger partial charge in [0.2, 0.25) is 0 Å². The van der Waals surface area contributed by atoms with Crippen LogP contribution in [0.5, 0.6) is 0 Å². The van der Waals surface area contributed by atoms with E-state index in [1.54, 1.807) is 10.8 Å². The van der Waals surface area contributed by atoms with Crippen LogP contribution in [0.15, 0.2) is 12.3 Å². The van der Waals surface area contributed by atoms with Crippen molar-refractivity contribution in [3.05, 3.63) is 23.5 Å². The summed E-state index contributed by atoms with van der Waals surface area (Å²) in [5, 5.41) is 9.11. The molecule has 0 aliphatic carbocycles. The zero-order valence-electron chi connectivity index (χ0n) is 10.7. The Balaban J connectivity index is 3.12. The number of rotatable bonds is 5. The van der Waals surface area contributed by atoms with E-state index in [0.29, 0.717) is 11.5 Å². The Morgan fingerprint density at radius 3 is 2.35 bits per heavy atom. The van der Waals surface area contributed by atoms with Gasteiger partial charge in [0.25, 0.3) is 0 Å². The Hall–Kier alpha value is -1.58. The average molecular weight is 237 g/mol. The van der Waals surface area contributed by atoms with Crippen LogP contribution in [0.4, 0.5) is 0 Å². The highest BCUT2D eigenvalue weighted by Crippen LogP contribution is 2.21. The Morgan fingerprint density at radius 2 is 1.94 bits per heavy atom. The minimum absolute atomic E-state index is 0.0780. The van der Waals surface area contributed by atoms with Gasteiger partial charge in [-0.25, -0.2) is 4.79 Å². The van der Waals surface area contributed by atoms with E-state index in [0.717, 1.165) is 6.42 Å².